The minimum absolute atomic E-state index is 0.0774. The van der Waals surface area contributed by atoms with Crippen molar-refractivity contribution >= 4 is 17.2 Å². The fourth-order valence-electron chi connectivity index (χ4n) is 1.71. The lowest BCUT2D eigenvalue weighted by molar-refractivity contribution is 0.0791. The monoisotopic (exact) mass is 278 g/mol. The van der Waals surface area contributed by atoms with Crippen molar-refractivity contribution in [2.75, 3.05) is 13.6 Å². The zero-order valence-electron chi connectivity index (χ0n) is 10.9. The van der Waals surface area contributed by atoms with E-state index in [-0.39, 0.29) is 11.7 Å². The Hall–Kier alpha value is -1.75. The van der Waals surface area contributed by atoms with Crippen LogP contribution >= 0.6 is 11.3 Å². The zero-order valence-corrected chi connectivity index (χ0v) is 11.7. The summed E-state index contributed by atoms with van der Waals surface area (Å²) in [5.74, 6) is -0.322. The minimum atomic E-state index is -0.244. The number of hydrogen-bond donors (Lipinski definition) is 0. The molecule has 0 saturated carbocycles. The molecule has 5 heteroatoms. The fraction of sp³-hybridized carbons (Fsp3) is 0.286. The average molecular weight is 278 g/mol. The molecule has 1 amide bonds. The fourth-order valence-corrected chi connectivity index (χ4v) is 2.29. The van der Waals surface area contributed by atoms with Crippen LogP contribution in [0.15, 0.2) is 29.6 Å². The van der Waals surface area contributed by atoms with Gasteiger partial charge in [-0.25, -0.2) is 9.37 Å². The topological polar surface area (TPSA) is 33.2 Å². The van der Waals surface area contributed by atoms with E-state index in [0.29, 0.717) is 18.7 Å². The normalized spacial score (nSPS) is 10.5. The van der Waals surface area contributed by atoms with Crippen molar-refractivity contribution in [2.45, 2.75) is 13.3 Å². The molecule has 0 saturated heterocycles. The largest absolute Gasteiger partial charge is 0.340 e. The van der Waals surface area contributed by atoms with Gasteiger partial charge in [-0.3, -0.25) is 4.79 Å². The molecule has 0 atom stereocenters. The lowest BCUT2D eigenvalue weighted by atomic mass is 10.1. The highest BCUT2D eigenvalue weighted by Gasteiger charge is 2.14. The summed E-state index contributed by atoms with van der Waals surface area (Å²) in [6.07, 6.45) is 0.700. The van der Waals surface area contributed by atoms with Crippen LogP contribution in [0.5, 0.6) is 0 Å². The maximum Gasteiger partial charge on any atom is 0.273 e. The van der Waals surface area contributed by atoms with Crippen LogP contribution in [-0.2, 0) is 6.42 Å². The van der Waals surface area contributed by atoms with Gasteiger partial charge in [0.2, 0.25) is 0 Å². The number of nitrogens with zero attached hydrogens (tertiary/aromatic N) is 2. The molecule has 0 spiro atoms. The molecule has 0 bridgehead atoms. The second-order valence-electron chi connectivity index (χ2n) is 4.35. The number of likely N-dealkylation sites (N-methyl/N-ethyl adjacent to an activating group) is 1. The first kappa shape index (κ1) is 13.7. The molecule has 2 aromatic rings. The van der Waals surface area contributed by atoms with Crippen LogP contribution < -0.4 is 0 Å². The summed E-state index contributed by atoms with van der Waals surface area (Å²) in [6, 6.07) is 6.34. The summed E-state index contributed by atoms with van der Waals surface area (Å²) in [5.41, 5.74) is 1.50. The van der Waals surface area contributed by atoms with Crippen molar-refractivity contribution in [3.63, 3.8) is 0 Å². The lowest BCUT2D eigenvalue weighted by Crippen LogP contribution is -2.29. The molecule has 0 aliphatic heterocycles. The molecule has 2 rings (SSSR count). The standard InChI is InChI=1S/C14H15FN2OS/c1-10-16-13(9-19-10)14(18)17(2)8-7-11-3-5-12(15)6-4-11/h3-6,9H,7-8H2,1-2H3. The molecule has 1 aromatic carbocycles. The number of amides is 1. The molecular weight excluding hydrogens is 263 g/mol. The van der Waals surface area contributed by atoms with Gasteiger partial charge in [-0.1, -0.05) is 12.1 Å². The van der Waals surface area contributed by atoms with Gasteiger partial charge in [-0.2, -0.15) is 0 Å². The SMILES string of the molecule is Cc1nc(C(=O)N(C)CCc2ccc(F)cc2)cs1. The molecule has 0 N–H and O–H groups in total. The molecule has 0 radical (unpaired) electrons. The summed E-state index contributed by atoms with van der Waals surface area (Å²) < 4.78 is 12.8. The smallest absolute Gasteiger partial charge is 0.273 e. The molecule has 19 heavy (non-hydrogen) atoms. The second kappa shape index (κ2) is 5.93. The van der Waals surface area contributed by atoms with E-state index in [1.807, 2.05) is 6.92 Å². The van der Waals surface area contributed by atoms with Crippen molar-refractivity contribution in [3.05, 3.63) is 51.7 Å². The van der Waals surface area contributed by atoms with Crippen molar-refractivity contribution < 1.29 is 9.18 Å². The number of aromatic nitrogens is 1. The van der Waals surface area contributed by atoms with E-state index < -0.39 is 0 Å². The van der Waals surface area contributed by atoms with Gasteiger partial charge in [-0.05, 0) is 31.0 Å². The van der Waals surface area contributed by atoms with Gasteiger partial charge < -0.3 is 4.90 Å². The summed E-state index contributed by atoms with van der Waals surface area (Å²) in [7, 11) is 1.75. The number of carbonyl (C=O) groups excluding carboxylic acids is 1. The Balaban J connectivity index is 1.92. The molecule has 1 heterocycles. The molecule has 0 fully saturated rings. The zero-order chi connectivity index (χ0) is 13.8. The summed E-state index contributed by atoms with van der Waals surface area (Å²) in [6.45, 7) is 2.46. The van der Waals surface area contributed by atoms with E-state index in [1.54, 1.807) is 29.5 Å². The first-order valence-corrected chi connectivity index (χ1v) is 6.86. The quantitative estimate of drug-likeness (QED) is 0.861. The first-order chi connectivity index (χ1) is 9.06. The minimum Gasteiger partial charge on any atom is -0.340 e. The highest BCUT2D eigenvalue weighted by atomic mass is 32.1. The lowest BCUT2D eigenvalue weighted by Gasteiger charge is -2.15. The maximum atomic E-state index is 12.8. The third kappa shape index (κ3) is 3.61. The van der Waals surface area contributed by atoms with Crippen LogP contribution in [0.2, 0.25) is 0 Å². The van der Waals surface area contributed by atoms with Crippen molar-refractivity contribution in [2.24, 2.45) is 0 Å². The predicted molar refractivity (Wildman–Crippen MR) is 73.9 cm³/mol. The van der Waals surface area contributed by atoms with Crippen LogP contribution in [0.4, 0.5) is 4.39 Å². The van der Waals surface area contributed by atoms with E-state index in [0.717, 1.165) is 10.6 Å². The Labute approximate surface area is 115 Å². The Morgan fingerprint density at radius 1 is 1.37 bits per heavy atom. The number of thiazole rings is 1. The summed E-state index contributed by atoms with van der Waals surface area (Å²) >= 11 is 1.47. The highest BCUT2D eigenvalue weighted by Crippen LogP contribution is 2.10. The first-order valence-electron chi connectivity index (χ1n) is 5.98. The predicted octanol–water partition coefficient (Wildman–Crippen LogP) is 2.91. The number of carbonyl (C=O) groups is 1. The van der Waals surface area contributed by atoms with E-state index >= 15 is 0 Å². The Bertz CT molecular complexity index is 565. The third-order valence-electron chi connectivity index (χ3n) is 2.83. The highest BCUT2D eigenvalue weighted by molar-refractivity contribution is 7.09. The number of benzene rings is 1. The molecule has 0 unspecified atom stereocenters. The summed E-state index contributed by atoms with van der Waals surface area (Å²) in [5, 5.41) is 2.65. The van der Waals surface area contributed by atoms with Gasteiger partial charge in [-0.15, -0.1) is 11.3 Å². The Morgan fingerprint density at radius 3 is 2.63 bits per heavy atom. The molecular formula is C14H15FN2OS. The van der Waals surface area contributed by atoms with Gasteiger partial charge in [0.15, 0.2) is 0 Å². The number of aryl methyl sites for hydroxylation is 1. The number of rotatable bonds is 4. The van der Waals surface area contributed by atoms with E-state index in [1.165, 1.54) is 23.5 Å². The van der Waals surface area contributed by atoms with Gasteiger partial charge in [0.25, 0.3) is 5.91 Å². The third-order valence-corrected chi connectivity index (χ3v) is 3.61. The van der Waals surface area contributed by atoms with Crippen LogP contribution in [0.25, 0.3) is 0 Å². The van der Waals surface area contributed by atoms with Gasteiger partial charge in [0.05, 0.1) is 5.01 Å². The average Bonchev–Trinajstić information content (AvgIpc) is 2.83. The molecule has 3 nitrogen and oxygen atoms in total. The van der Waals surface area contributed by atoms with Crippen LogP contribution in [0.3, 0.4) is 0 Å². The Kier molecular flexibility index (Phi) is 4.27. The maximum absolute atomic E-state index is 12.8. The molecule has 1 aromatic heterocycles. The molecule has 0 aliphatic carbocycles. The summed E-state index contributed by atoms with van der Waals surface area (Å²) in [4.78, 5) is 17.9. The molecule has 0 aliphatic rings. The van der Waals surface area contributed by atoms with Crippen molar-refractivity contribution in [1.82, 2.24) is 9.88 Å². The van der Waals surface area contributed by atoms with E-state index in [2.05, 4.69) is 4.98 Å². The number of hydrogen-bond acceptors (Lipinski definition) is 3. The van der Waals surface area contributed by atoms with Gasteiger partial charge in [0, 0.05) is 19.0 Å². The van der Waals surface area contributed by atoms with Crippen LogP contribution in [0.1, 0.15) is 21.1 Å². The van der Waals surface area contributed by atoms with Crippen LogP contribution in [0, 0.1) is 12.7 Å². The number of halogens is 1. The van der Waals surface area contributed by atoms with E-state index in [9.17, 15) is 9.18 Å². The van der Waals surface area contributed by atoms with Gasteiger partial charge >= 0.3 is 0 Å². The Morgan fingerprint density at radius 2 is 2.05 bits per heavy atom. The van der Waals surface area contributed by atoms with Gasteiger partial charge in [0.1, 0.15) is 11.5 Å². The molecule has 100 valence electrons. The second-order valence-corrected chi connectivity index (χ2v) is 5.42. The van der Waals surface area contributed by atoms with Crippen molar-refractivity contribution in [3.8, 4) is 0 Å². The van der Waals surface area contributed by atoms with Crippen LogP contribution in [-0.4, -0.2) is 29.4 Å². The van der Waals surface area contributed by atoms with E-state index in [4.69, 9.17) is 0 Å². The van der Waals surface area contributed by atoms with Crippen molar-refractivity contribution in [1.29, 1.82) is 0 Å².